The summed E-state index contributed by atoms with van der Waals surface area (Å²) in [6.07, 6.45) is -2.17. The quantitative estimate of drug-likeness (QED) is 0.642. The number of nitrogens with zero attached hydrogens (tertiary/aromatic N) is 1. The first-order valence-electron chi connectivity index (χ1n) is 5.84. The zero-order valence-electron chi connectivity index (χ0n) is 10.8. The molecule has 3 N–H and O–H groups in total. The van der Waals surface area contributed by atoms with Crippen molar-refractivity contribution in [3.8, 4) is 0 Å². The smallest absolute Gasteiger partial charge is 0.408 e. The zero-order chi connectivity index (χ0) is 13.9. The first kappa shape index (κ1) is 14.6. The summed E-state index contributed by atoms with van der Waals surface area (Å²) in [7, 11) is 0. The molecule has 0 aromatic heterocycles. The van der Waals surface area contributed by atoms with E-state index in [1.54, 1.807) is 20.8 Å². The van der Waals surface area contributed by atoms with E-state index in [4.69, 9.17) is 9.84 Å². The van der Waals surface area contributed by atoms with Gasteiger partial charge in [-0.25, -0.2) is 9.59 Å². The lowest BCUT2D eigenvalue weighted by atomic mass is 10.0. The fourth-order valence-corrected chi connectivity index (χ4v) is 1.71. The third-order valence-corrected chi connectivity index (χ3v) is 2.55. The minimum Gasteiger partial charge on any atom is -0.465 e. The fourth-order valence-electron chi connectivity index (χ4n) is 1.71. The highest BCUT2D eigenvalue weighted by molar-refractivity contribution is 5.69. The Kier molecular flexibility index (Phi) is 4.39. The normalized spacial score (nSPS) is 24.6. The van der Waals surface area contributed by atoms with Crippen molar-refractivity contribution in [2.45, 2.75) is 44.9 Å². The van der Waals surface area contributed by atoms with Gasteiger partial charge >= 0.3 is 12.2 Å². The Labute approximate surface area is 106 Å². The Morgan fingerprint density at radius 2 is 2.00 bits per heavy atom. The molecule has 0 bridgehead atoms. The van der Waals surface area contributed by atoms with Gasteiger partial charge in [0.15, 0.2) is 0 Å². The van der Waals surface area contributed by atoms with E-state index < -0.39 is 29.9 Å². The van der Waals surface area contributed by atoms with Gasteiger partial charge in [-0.15, -0.1) is 0 Å². The van der Waals surface area contributed by atoms with Crippen molar-refractivity contribution >= 4 is 12.2 Å². The molecule has 1 rings (SSSR count). The number of hydrogen-bond acceptors (Lipinski definition) is 4. The molecule has 18 heavy (non-hydrogen) atoms. The number of aliphatic hydroxyl groups excluding tert-OH is 1. The van der Waals surface area contributed by atoms with E-state index in [2.05, 4.69) is 5.32 Å². The molecule has 1 aliphatic heterocycles. The van der Waals surface area contributed by atoms with E-state index in [1.807, 2.05) is 0 Å². The number of alkyl carbamates (subject to hydrolysis) is 1. The number of carbonyl (C=O) groups is 2. The zero-order valence-corrected chi connectivity index (χ0v) is 10.8. The van der Waals surface area contributed by atoms with E-state index in [0.29, 0.717) is 6.42 Å². The summed E-state index contributed by atoms with van der Waals surface area (Å²) in [5, 5.41) is 21.1. The van der Waals surface area contributed by atoms with Crippen LogP contribution in [0.2, 0.25) is 0 Å². The molecular weight excluding hydrogens is 240 g/mol. The molecule has 1 aliphatic rings. The highest BCUT2D eigenvalue weighted by Gasteiger charge is 2.32. The summed E-state index contributed by atoms with van der Waals surface area (Å²) < 4.78 is 5.06. The molecule has 104 valence electrons. The van der Waals surface area contributed by atoms with Crippen LogP contribution in [0.25, 0.3) is 0 Å². The lowest BCUT2D eigenvalue weighted by Gasteiger charge is -2.35. The van der Waals surface area contributed by atoms with Gasteiger partial charge in [0.1, 0.15) is 5.60 Å². The molecule has 0 aliphatic carbocycles. The van der Waals surface area contributed by atoms with Crippen LogP contribution in [0.5, 0.6) is 0 Å². The minimum atomic E-state index is -1.06. The van der Waals surface area contributed by atoms with Crippen LogP contribution in [0.15, 0.2) is 0 Å². The van der Waals surface area contributed by atoms with Crippen molar-refractivity contribution < 1.29 is 24.5 Å². The standard InChI is InChI=1S/C11H20N2O5/c1-11(2,3)18-9(15)12-7-6-13(10(16)17)5-4-8(7)14/h7-8,14H,4-6H2,1-3H3,(H,12,15)(H,16,17)/t7-,8?/m1/s1. The molecule has 0 radical (unpaired) electrons. The van der Waals surface area contributed by atoms with E-state index in [1.165, 1.54) is 0 Å². The van der Waals surface area contributed by atoms with Crippen molar-refractivity contribution in [2.75, 3.05) is 13.1 Å². The van der Waals surface area contributed by atoms with E-state index in [0.717, 1.165) is 4.90 Å². The van der Waals surface area contributed by atoms with E-state index in [9.17, 15) is 14.7 Å². The Hall–Kier alpha value is -1.50. The van der Waals surface area contributed by atoms with Crippen LogP contribution in [0.3, 0.4) is 0 Å². The third kappa shape index (κ3) is 4.40. The van der Waals surface area contributed by atoms with Crippen molar-refractivity contribution in [1.29, 1.82) is 0 Å². The summed E-state index contributed by atoms with van der Waals surface area (Å²) in [5.74, 6) is 0. The van der Waals surface area contributed by atoms with Crippen LogP contribution < -0.4 is 5.32 Å². The monoisotopic (exact) mass is 260 g/mol. The van der Waals surface area contributed by atoms with Crippen LogP contribution in [0, 0.1) is 0 Å². The molecule has 0 spiro atoms. The minimum absolute atomic E-state index is 0.0652. The predicted octanol–water partition coefficient (Wildman–Crippen LogP) is 0.624. The third-order valence-electron chi connectivity index (χ3n) is 2.55. The number of carbonyl (C=O) groups excluding carboxylic acids is 1. The average molecular weight is 260 g/mol. The fraction of sp³-hybridized carbons (Fsp3) is 0.818. The van der Waals surface area contributed by atoms with Gasteiger partial charge in [0.25, 0.3) is 0 Å². The van der Waals surface area contributed by atoms with Crippen molar-refractivity contribution in [3.63, 3.8) is 0 Å². The van der Waals surface area contributed by atoms with Gasteiger partial charge in [0.05, 0.1) is 12.1 Å². The molecule has 1 fully saturated rings. The first-order chi connectivity index (χ1) is 8.19. The predicted molar refractivity (Wildman–Crippen MR) is 63.4 cm³/mol. The number of amides is 2. The molecule has 0 aromatic carbocycles. The van der Waals surface area contributed by atoms with Crippen LogP contribution in [0.1, 0.15) is 27.2 Å². The largest absolute Gasteiger partial charge is 0.465 e. The molecule has 7 heteroatoms. The number of ether oxygens (including phenoxy) is 1. The lowest BCUT2D eigenvalue weighted by molar-refractivity contribution is 0.0236. The molecule has 2 amide bonds. The Morgan fingerprint density at radius 1 is 1.39 bits per heavy atom. The van der Waals surface area contributed by atoms with Crippen molar-refractivity contribution in [1.82, 2.24) is 10.2 Å². The second kappa shape index (κ2) is 5.43. The number of aliphatic hydroxyl groups is 1. The number of hydrogen-bond donors (Lipinski definition) is 3. The molecule has 7 nitrogen and oxygen atoms in total. The summed E-state index contributed by atoms with van der Waals surface area (Å²) in [6.45, 7) is 5.52. The summed E-state index contributed by atoms with van der Waals surface area (Å²) in [4.78, 5) is 23.5. The highest BCUT2D eigenvalue weighted by Crippen LogP contribution is 2.13. The van der Waals surface area contributed by atoms with Gasteiger partial charge in [-0.1, -0.05) is 0 Å². The molecule has 0 aromatic rings. The van der Waals surface area contributed by atoms with Crippen molar-refractivity contribution in [2.24, 2.45) is 0 Å². The van der Waals surface area contributed by atoms with Crippen LogP contribution in [-0.4, -0.2) is 58.1 Å². The molecule has 1 unspecified atom stereocenters. The van der Waals surface area contributed by atoms with Crippen LogP contribution in [-0.2, 0) is 4.74 Å². The van der Waals surface area contributed by atoms with Crippen LogP contribution in [0.4, 0.5) is 9.59 Å². The summed E-state index contributed by atoms with van der Waals surface area (Å²) in [5.41, 5.74) is -0.629. The van der Waals surface area contributed by atoms with Gasteiger partial charge in [-0.3, -0.25) is 0 Å². The maximum absolute atomic E-state index is 11.5. The Balaban J connectivity index is 2.53. The molecule has 2 atom stereocenters. The average Bonchev–Trinajstić information content (AvgIpc) is 2.18. The van der Waals surface area contributed by atoms with E-state index >= 15 is 0 Å². The van der Waals surface area contributed by atoms with Crippen LogP contribution >= 0.6 is 0 Å². The molecule has 1 heterocycles. The lowest BCUT2D eigenvalue weighted by Crippen LogP contribution is -2.56. The van der Waals surface area contributed by atoms with Gasteiger partial charge in [0, 0.05) is 13.1 Å². The van der Waals surface area contributed by atoms with Gasteiger partial charge in [-0.05, 0) is 27.2 Å². The maximum atomic E-state index is 11.5. The van der Waals surface area contributed by atoms with Gasteiger partial charge < -0.3 is 25.2 Å². The topological polar surface area (TPSA) is 99.1 Å². The Morgan fingerprint density at radius 3 is 2.50 bits per heavy atom. The van der Waals surface area contributed by atoms with E-state index in [-0.39, 0.29) is 13.1 Å². The number of rotatable bonds is 1. The second-order valence-electron chi connectivity index (χ2n) is 5.34. The Bertz CT molecular complexity index is 326. The SMILES string of the molecule is CC(C)(C)OC(=O)N[C@@H]1CN(C(=O)O)CCC1O. The molecular formula is C11H20N2O5. The maximum Gasteiger partial charge on any atom is 0.408 e. The van der Waals surface area contributed by atoms with Gasteiger partial charge in [-0.2, -0.15) is 0 Å². The highest BCUT2D eigenvalue weighted by atomic mass is 16.6. The first-order valence-corrected chi connectivity index (χ1v) is 5.84. The number of likely N-dealkylation sites (tertiary alicyclic amines) is 1. The number of nitrogens with one attached hydrogen (secondary N) is 1. The molecule has 1 saturated heterocycles. The molecule has 0 saturated carbocycles. The summed E-state index contributed by atoms with van der Waals surface area (Å²) >= 11 is 0. The number of carboxylic acid groups (broad SMARTS) is 1. The second-order valence-corrected chi connectivity index (χ2v) is 5.34. The van der Waals surface area contributed by atoms with Crippen molar-refractivity contribution in [3.05, 3.63) is 0 Å². The van der Waals surface area contributed by atoms with Gasteiger partial charge in [0.2, 0.25) is 0 Å². The summed E-state index contributed by atoms with van der Waals surface area (Å²) in [6, 6.07) is -0.635. The number of piperidine rings is 1.